The first-order chi connectivity index (χ1) is 13.3. The molecule has 1 atom stereocenters. The summed E-state index contributed by atoms with van der Waals surface area (Å²) in [6.07, 6.45) is 10.3. The second-order valence-electron chi connectivity index (χ2n) is 7.23. The van der Waals surface area contributed by atoms with Gasteiger partial charge in [0.25, 0.3) is 0 Å². The van der Waals surface area contributed by atoms with E-state index >= 15 is 0 Å². The van der Waals surface area contributed by atoms with Crippen molar-refractivity contribution in [1.29, 1.82) is 0 Å². The van der Waals surface area contributed by atoms with Crippen LogP contribution in [0.25, 0.3) is 5.65 Å². The number of rotatable bonds is 8. The summed E-state index contributed by atoms with van der Waals surface area (Å²) in [6, 6.07) is 6.83. The maximum Gasteiger partial charge on any atom is 0.191 e. The van der Waals surface area contributed by atoms with Crippen molar-refractivity contribution in [1.82, 2.24) is 24.9 Å². The third kappa shape index (κ3) is 6.62. The Morgan fingerprint density at radius 3 is 2.93 bits per heavy atom. The average Bonchev–Trinajstić information content (AvgIpc) is 3.11. The molecule has 0 radical (unpaired) electrons. The van der Waals surface area contributed by atoms with Crippen LogP contribution in [0.2, 0.25) is 0 Å². The summed E-state index contributed by atoms with van der Waals surface area (Å²) in [5, 5.41) is 6.80. The first-order valence-corrected chi connectivity index (χ1v) is 10.5. The van der Waals surface area contributed by atoms with Gasteiger partial charge in [-0.2, -0.15) is 0 Å². The zero-order valence-corrected chi connectivity index (χ0v) is 19.6. The Bertz CT molecular complexity index is 696. The normalized spacial score (nSPS) is 18.1. The van der Waals surface area contributed by atoms with E-state index in [4.69, 9.17) is 4.99 Å². The minimum atomic E-state index is 0. The van der Waals surface area contributed by atoms with Crippen LogP contribution in [0, 0.1) is 0 Å². The van der Waals surface area contributed by atoms with E-state index in [-0.39, 0.29) is 24.0 Å². The van der Waals surface area contributed by atoms with Crippen LogP contribution in [0.4, 0.5) is 0 Å². The van der Waals surface area contributed by atoms with Gasteiger partial charge in [-0.1, -0.05) is 19.4 Å². The minimum absolute atomic E-state index is 0. The lowest BCUT2D eigenvalue weighted by atomic mass is 10.0. The summed E-state index contributed by atoms with van der Waals surface area (Å²) in [5.41, 5.74) is 2.10. The van der Waals surface area contributed by atoms with Crippen molar-refractivity contribution in [2.75, 3.05) is 32.7 Å². The van der Waals surface area contributed by atoms with Crippen LogP contribution in [0.3, 0.4) is 0 Å². The summed E-state index contributed by atoms with van der Waals surface area (Å²) in [5.74, 6) is 0.909. The van der Waals surface area contributed by atoms with Crippen LogP contribution in [-0.2, 0) is 6.42 Å². The van der Waals surface area contributed by atoms with E-state index in [0.717, 1.165) is 55.9 Å². The van der Waals surface area contributed by atoms with Crippen molar-refractivity contribution < 1.29 is 0 Å². The first-order valence-electron chi connectivity index (χ1n) is 10.5. The van der Waals surface area contributed by atoms with Gasteiger partial charge in [-0.3, -0.25) is 9.89 Å². The molecule has 0 aliphatic carbocycles. The van der Waals surface area contributed by atoms with E-state index in [0.29, 0.717) is 0 Å². The van der Waals surface area contributed by atoms with E-state index in [1.165, 1.54) is 32.2 Å². The molecule has 1 aliphatic rings. The lowest BCUT2D eigenvalue weighted by molar-refractivity contribution is 0.148. The van der Waals surface area contributed by atoms with Gasteiger partial charge >= 0.3 is 0 Å². The molecule has 7 heteroatoms. The molecular formula is C21H35IN6. The molecule has 156 valence electrons. The van der Waals surface area contributed by atoms with E-state index in [2.05, 4.69) is 45.0 Å². The fourth-order valence-electron chi connectivity index (χ4n) is 3.87. The molecule has 1 aliphatic heterocycles. The number of hydrogen-bond acceptors (Lipinski definition) is 3. The van der Waals surface area contributed by atoms with Gasteiger partial charge in [0, 0.05) is 44.5 Å². The Kier molecular flexibility index (Phi) is 10.0. The molecule has 0 aromatic carbocycles. The summed E-state index contributed by atoms with van der Waals surface area (Å²) < 4.78 is 2.07. The van der Waals surface area contributed by atoms with Crippen LogP contribution in [0.5, 0.6) is 0 Å². The van der Waals surface area contributed by atoms with Gasteiger partial charge in [0.05, 0.1) is 12.2 Å². The number of hydrogen-bond donors (Lipinski definition) is 2. The topological polar surface area (TPSA) is 57.0 Å². The number of likely N-dealkylation sites (tertiary alicyclic amines) is 1. The highest BCUT2D eigenvalue weighted by Gasteiger charge is 2.19. The molecule has 3 heterocycles. The number of nitrogens with zero attached hydrogens (tertiary/aromatic N) is 4. The number of aliphatic imine (C=N–C) groups is 1. The van der Waals surface area contributed by atoms with Crippen molar-refractivity contribution >= 4 is 35.6 Å². The monoisotopic (exact) mass is 498 g/mol. The first kappa shape index (κ1) is 22.9. The fraction of sp³-hybridized carbons (Fsp3) is 0.619. The van der Waals surface area contributed by atoms with Gasteiger partial charge in [0.2, 0.25) is 0 Å². The molecule has 2 aromatic heterocycles. The predicted octanol–water partition coefficient (Wildman–Crippen LogP) is 3.31. The molecular weight excluding hydrogens is 463 g/mol. The average molecular weight is 498 g/mol. The zero-order valence-electron chi connectivity index (χ0n) is 17.2. The highest BCUT2D eigenvalue weighted by Crippen LogP contribution is 2.18. The summed E-state index contributed by atoms with van der Waals surface area (Å²) in [7, 11) is 0. The standard InChI is InChI=1S/C21H34N6.HI/c1-3-19-9-5-7-14-26(19)16-13-24-21(22-4-2)23-12-11-18-17-27-15-8-6-10-20(27)25-18;/h6,8,10,15,17,19H,3-5,7,9,11-14,16H2,1-2H3,(H2,22,23,24);1H. The third-order valence-corrected chi connectivity index (χ3v) is 5.31. The van der Waals surface area contributed by atoms with E-state index < -0.39 is 0 Å². The maximum atomic E-state index is 4.78. The fourth-order valence-corrected chi connectivity index (χ4v) is 3.87. The molecule has 6 nitrogen and oxygen atoms in total. The molecule has 1 saturated heterocycles. The van der Waals surface area contributed by atoms with Gasteiger partial charge in [0.15, 0.2) is 5.96 Å². The Labute approximate surface area is 186 Å². The number of imidazole rings is 1. The second kappa shape index (κ2) is 12.3. The smallest absolute Gasteiger partial charge is 0.191 e. The van der Waals surface area contributed by atoms with Gasteiger partial charge in [-0.15, -0.1) is 24.0 Å². The van der Waals surface area contributed by atoms with Crippen LogP contribution in [-0.4, -0.2) is 59.0 Å². The van der Waals surface area contributed by atoms with Gasteiger partial charge in [-0.25, -0.2) is 4.98 Å². The molecule has 0 saturated carbocycles. The number of guanidine groups is 1. The predicted molar refractivity (Wildman–Crippen MR) is 128 cm³/mol. The van der Waals surface area contributed by atoms with E-state index in [1.807, 2.05) is 24.4 Å². The van der Waals surface area contributed by atoms with E-state index in [9.17, 15) is 0 Å². The number of aromatic nitrogens is 2. The van der Waals surface area contributed by atoms with Crippen molar-refractivity contribution in [3.8, 4) is 0 Å². The molecule has 28 heavy (non-hydrogen) atoms. The number of nitrogens with one attached hydrogen (secondary N) is 2. The molecule has 1 fully saturated rings. The Hall–Kier alpha value is -1.35. The summed E-state index contributed by atoms with van der Waals surface area (Å²) in [4.78, 5) is 12.0. The van der Waals surface area contributed by atoms with Crippen molar-refractivity contribution in [3.63, 3.8) is 0 Å². The molecule has 0 bridgehead atoms. The van der Waals surface area contributed by atoms with Crippen molar-refractivity contribution in [2.24, 2.45) is 4.99 Å². The van der Waals surface area contributed by atoms with Crippen LogP contribution < -0.4 is 10.6 Å². The lowest BCUT2D eigenvalue weighted by Gasteiger charge is -2.34. The number of fused-ring (bicyclic) bond motifs is 1. The van der Waals surface area contributed by atoms with Crippen LogP contribution in [0.1, 0.15) is 45.2 Å². The zero-order chi connectivity index (χ0) is 18.9. The number of pyridine rings is 1. The number of piperidine rings is 1. The van der Waals surface area contributed by atoms with Crippen molar-refractivity contribution in [2.45, 2.75) is 52.0 Å². The third-order valence-electron chi connectivity index (χ3n) is 5.31. The second-order valence-corrected chi connectivity index (χ2v) is 7.23. The molecule has 2 aromatic rings. The molecule has 3 rings (SSSR count). The highest BCUT2D eigenvalue weighted by molar-refractivity contribution is 14.0. The lowest BCUT2D eigenvalue weighted by Crippen LogP contribution is -2.42. The van der Waals surface area contributed by atoms with Gasteiger partial charge in [-0.05, 0) is 44.9 Å². The van der Waals surface area contributed by atoms with E-state index in [1.54, 1.807) is 0 Å². The number of halogens is 1. The quantitative estimate of drug-likeness (QED) is 0.333. The maximum absolute atomic E-state index is 4.78. The van der Waals surface area contributed by atoms with Crippen molar-refractivity contribution in [3.05, 3.63) is 36.3 Å². The highest BCUT2D eigenvalue weighted by atomic mass is 127. The minimum Gasteiger partial charge on any atom is -0.357 e. The molecule has 0 spiro atoms. The van der Waals surface area contributed by atoms with Crippen LogP contribution >= 0.6 is 24.0 Å². The van der Waals surface area contributed by atoms with Gasteiger partial charge < -0.3 is 15.0 Å². The van der Waals surface area contributed by atoms with Gasteiger partial charge in [0.1, 0.15) is 5.65 Å². The Balaban J connectivity index is 0.00000280. The molecule has 0 amide bonds. The Morgan fingerprint density at radius 2 is 2.14 bits per heavy atom. The summed E-state index contributed by atoms with van der Waals surface area (Å²) >= 11 is 0. The molecule has 1 unspecified atom stereocenters. The Morgan fingerprint density at radius 1 is 1.25 bits per heavy atom. The summed E-state index contributed by atoms with van der Waals surface area (Å²) in [6.45, 7) is 9.25. The van der Waals surface area contributed by atoms with Crippen LogP contribution in [0.15, 0.2) is 35.6 Å². The largest absolute Gasteiger partial charge is 0.357 e. The SMILES string of the molecule is CCNC(=NCCN1CCCCC1CC)NCCc1cn2ccccc2n1.I. The molecule has 2 N–H and O–H groups in total.